The molecule has 0 saturated heterocycles. The molecule has 0 radical (unpaired) electrons. The maximum atomic E-state index is 12.5. The van der Waals surface area contributed by atoms with Gasteiger partial charge in [-0.05, 0) is 31.2 Å². The van der Waals surface area contributed by atoms with Crippen LogP contribution in [-0.2, 0) is 10.8 Å². The van der Waals surface area contributed by atoms with Crippen LogP contribution in [0.25, 0.3) is 11.3 Å². The van der Waals surface area contributed by atoms with E-state index >= 15 is 0 Å². The highest BCUT2D eigenvalue weighted by Gasteiger charge is 2.15. The van der Waals surface area contributed by atoms with Gasteiger partial charge < -0.3 is 11.1 Å². The van der Waals surface area contributed by atoms with Gasteiger partial charge in [-0.1, -0.05) is 29.8 Å². The molecule has 0 spiro atoms. The predicted molar refractivity (Wildman–Crippen MR) is 117 cm³/mol. The fraction of sp³-hybridized carbons (Fsp3) is 0.190. The van der Waals surface area contributed by atoms with Crippen LogP contribution in [0.15, 0.2) is 59.6 Å². The molecule has 166 valence electrons. The molecule has 0 aliphatic carbocycles. The predicted octanol–water partition coefficient (Wildman–Crippen LogP) is 4.49. The van der Waals surface area contributed by atoms with Gasteiger partial charge in [0.1, 0.15) is 0 Å². The third kappa shape index (κ3) is 7.18. The molecule has 2 aromatic carbocycles. The number of nitrogen functional groups attached to an aromatic ring is 1. The summed E-state index contributed by atoms with van der Waals surface area (Å²) in [5.74, 6) is -0.508. The maximum absolute atomic E-state index is 12.5. The number of nitrogens with zero attached hydrogens (tertiary/aromatic N) is 2. The summed E-state index contributed by atoms with van der Waals surface area (Å²) in [6.45, 7) is 1.98. The second-order valence-corrected chi connectivity index (χ2v) is 7.17. The van der Waals surface area contributed by atoms with Gasteiger partial charge in [0.15, 0.2) is 17.5 Å². The first-order valence-electron chi connectivity index (χ1n) is 8.79. The molecule has 0 saturated carbocycles. The first-order valence-corrected chi connectivity index (χ1v) is 10.1. The van der Waals surface area contributed by atoms with Gasteiger partial charge in [0.25, 0.3) is 5.91 Å². The molecule has 1 amide bonds. The van der Waals surface area contributed by atoms with Gasteiger partial charge >= 0.3 is 0 Å². The molecule has 1 aromatic heterocycles. The lowest BCUT2D eigenvalue weighted by atomic mass is 10.1. The lowest BCUT2D eigenvalue weighted by molar-refractivity contribution is 0.102. The van der Waals surface area contributed by atoms with Crippen molar-refractivity contribution in [2.24, 2.45) is 0 Å². The van der Waals surface area contributed by atoms with E-state index in [2.05, 4.69) is 15.3 Å². The van der Waals surface area contributed by atoms with Crippen molar-refractivity contribution in [2.75, 3.05) is 31.4 Å². The largest absolute Gasteiger partial charge is 0.382 e. The number of anilines is 2. The Balaban J connectivity index is 0.00000113. The van der Waals surface area contributed by atoms with Gasteiger partial charge in [-0.3, -0.25) is 17.8 Å². The molecule has 31 heavy (non-hydrogen) atoms. The Morgan fingerprint density at radius 1 is 1.03 bits per heavy atom. The Morgan fingerprint density at radius 3 is 2.16 bits per heavy atom. The average Bonchev–Trinajstić information content (AvgIpc) is 2.82. The van der Waals surface area contributed by atoms with Crippen molar-refractivity contribution in [1.82, 2.24) is 9.97 Å². The molecular formula is C21H23F3N4O2S. The van der Waals surface area contributed by atoms with Gasteiger partial charge in [0.2, 0.25) is 0 Å². The number of hydrogen-bond donors (Lipinski definition) is 2. The van der Waals surface area contributed by atoms with E-state index in [1.54, 1.807) is 0 Å². The summed E-state index contributed by atoms with van der Waals surface area (Å²) in [4.78, 5) is 21.3. The summed E-state index contributed by atoms with van der Waals surface area (Å²) in [6.07, 6.45) is 1.51. The first kappa shape index (κ1) is 25.8. The molecule has 1 atom stereocenters. The number of carbonyl (C=O) groups is 1. The summed E-state index contributed by atoms with van der Waals surface area (Å²) >= 11 is 0. The highest BCUT2D eigenvalue weighted by molar-refractivity contribution is 7.84. The van der Waals surface area contributed by atoms with Crippen LogP contribution in [0.4, 0.5) is 24.7 Å². The molecule has 3 rings (SSSR count). The number of hydrogen-bond acceptors (Lipinski definition) is 5. The van der Waals surface area contributed by atoms with E-state index in [0.717, 1.165) is 11.1 Å². The topological polar surface area (TPSA) is 98.0 Å². The number of aryl methyl sites for hydroxylation is 1. The third-order valence-electron chi connectivity index (χ3n) is 3.84. The third-order valence-corrected chi connectivity index (χ3v) is 4.83. The number of rotatable bonds is 5. The van der Waals surface area contributed by atoms with Crippen LogP contribution in [0.2, 0.25) is 0 Å². The molecule has 3 aromatic rings. The zero-order valence-corrected chi connectivity index (χ0v) is 18.1. The minimum Gasteiger partial charge on any atom is -0.382 e. The number of nitrogens with one attached hydrogen (secondary N) is 1. The second-order valence-electron chi connectivity index (χ2n) is 5.79. The first-order chi connectivity index (χ1) is 15.0. The number of alkyl halides is 3. The SMILES string of the molecule is CF.CF.Cc1ccc(-c2cnc(N)c(C(=O)Nc3ccc(S(=O)CF)cc3)n2)cc1. The molecule has 6 nitrogen and oxygen atoms in total. The van der Waals surface area contributed by atoms with Crippen molar-refractivity contribution in [3.63, 3.8) is 0 Å². The fourth-order valence-electron chi connectivity index (χ4n) is 2.37. The molecule has 1 unspecified atom stereocenters. The summed E-state index contributed by atoms with van der Waals surface area (Å²) in [5.41, 5.74) is 8.72. The van der Waals surface area contributed by atoms with Crippen LogP contribution in [0.3, 0.4) is 0 Å². The molecule has 1 heterocycles. The summed E-state index contributed by atoms with van der Waals surface area (Å²) in [7, 11) is -0.699. The second kappa shape index (κ2) is 13.1. The normalized spacial score (nSPS) is 10.6. The van der Waals surface area contributed by atoms with Gasteiger partial charge in [-0.2, -0.15) is 0 Å². The lowest BCUT2D eigenvalue weighted by Gasteiger charge is -2.09. The molecule has 10 heteroatoms. The number of halogens is 3. The number of amides is 1. The Labute approximate surface area is 181 Å². The van der Waals surface area contributed by atoms with Crippen LogP contribution in [-0.4, -0.2) is 40.4 Å². The van der Waals surface area contributed by atoms with Crippen LogP contribution in [0, 0.1) is 6.92 Å². The molecular weight excluding hydrogens is 429 g/mol. The summed E-state index contributed by atoms with van der Waals surface area (Å²) in [6, 6.07) is 12.8. The molecule has 0 fully saturated rings. The van der Waals surface area contributed by atoms with E-state index in [1.165, 1.54) is 30.5 Å². The zero-order chi connectivity index (χ0) is 23.4. The van der Waals surface area contributed by atoms with E-state index in [1.807, 2.05) is 31.2 Å². The highest BCUT2D eigenvalue weighted by atomic mass is 32.2. The van der Waals surface area contributed by atoms with Crippen LogP contribution in [0.5, 0.6) is 0 Å². The van der Waals surface area contributed by atoms with E-state index in [9.17, 15) is 22.2 Å². The Bertz CT molecular complexity index is 1000. The summed E-state index contributed by atoms with van der Waals surface area (Å²) in [5, 5.41) is 2.66. The average molecular weight is 453 g/mol. The van der Waals surface area contributed by atoms with Gasteiger partial charge in [0, 0.05) is 16.1 Å². The van der Waals surface area contributed by atoms with Crippen LogP contribution < -0.4 is 11.1 Å². The highest BCUT2D eigenvalue weighted by Crippen LogP contribution is 2.20. The lowest BCUT2D eigenvalue weighted by Crippen LogP contribution is -2.17. The van der Waals surface area contributed by atoms with Crippen molar-refractivity contribution < 1.29 is 22.2 Å². The standard InChI is InChI=1S/C19H17FN4O2S.2CH3F/c1-12-2-4-13(5-3-12)16-10-22-18(21)17(24-16)19(25)23-14-6-8-15(9-7-14)27(26)11-20;2*1-2/h2-10H,11H2,1H3,(H2,21,22)(H,23,25);2*1H3. The summed E-state index contributed by atoms with van der Waals surface area (Å²) < 4.78 is 42.9. The number of carbonyl (C=O) groups excluding carboxylic acids is 1. The monoisotopic (exact) mass is 452 g/mol. The van der Waals surface area contributed by atoms with Crippen molar-refractivity contribution in [3.05, 3.63) is 66.0 Å². The van der Waals surface area contributed by atoms with E-state index in [0.29, 0.717) is 30.6 Å². The van der Waals surface area contributed by atoms with Gasteiger partial charge in [0.05, 0.1) is 37.0 Å². The van der Waals surface area contributed by atoms with Crippen molar-refractivity contribution in [3.8, 4) is 11.3 Å². The van der Waals surface area contributed by atoms with E-state index in [4.69, 9.17) is 5.73 Å². The number of benzene rings is 2. The molecule has 0 aliphatic rings. The van der Waals surface area contributed by atoms with Crippen molar-refractivity contribution in [1.29, 1.82) is 0 Å². The van der Waals surface area contributed by atoms with E-state index < -0.39 is 22.7 Å². The number of nitrogens with two attached hydrogens (primary N) is 1. The van der Waals surface area contributed by atoms with Crippen molar-refractivity contribution >= 4 is 28.2 Å². The van der Waals surface area contributed by atoms with Gasteiger partial charge in [-0.15, -0.1) is 0 Å². The Morgan fingerprint density at radius 2 is 1.61 bits per heavy atom. The number of aromatic nitrogens is 2. The van der Waals surface area contributed by atoms with Gasteiger partial charge in [-0.25, -0.2) is 14.4 Å². The van der Waals surface area contributed by atoms with Crippen LogP contribution in [0.1, 0.15) is 16.1 Å². The maximum Gasteiger partial charge on any atom is 0.278 e. The quantitative estimate of drug-likeness (QED) is 0.594. The molecule has 3 N–H and O–H groups in total. The minimum atomic E-state index is -1.70. The molecule has 0 bridgehead atoms. The van der Waals surface area contributed by atoms with Crippen molar-refractivity contribution in [2.45, 2.75) is 11.8 Å². The Hall–Kier alpha value is -3.27. The molecule has 0 aliphatic heterocycles. The minimum absolute atomic E-state index is 0.00415. The fourth-order valence-corrected chi connectivity index (χ4v) is 2.94. The van der Waals surface area contributed by atoms with E-state index in [-0.39, 0.29) is 11.5 Å². The zero-order valence-electron chi connectivity index (χ0n) is 17.2. The smallest absolute Gasteiger partial charge is 0.278 e. The Kier molecular flexibility index (Phi) is 10.9. The van der Waals surface area contributed by atoms with Crippen LogP contribution >= 0.6 is 0 Å².